The molecule has 1 fully saturated rings. The highest BCUT2D eigenvalue weighted by molar-refractivity contribution is 5.99. The van der Waals surface area contributed by atoms with Gasteiger partial charge in [-0.2, -0.15) is 0 Å². The fourth-order valence-electron chi connectivity index (χ4n) is 2.19. The van der Waals surface area contributed by atoms with E-state index in [1.165, 1.54) is 12.8 Å². The van der Waals surface area contributed by atoms with E-state index < -0.39 is 11.8 Å². The van der Waals surface area contributed by atoms with Gasteiger partial charge in [-0.15, -0.1) is 0 Å². The number of carbonyl (C=O) groups excluding carboxylic acids is 2. The van der Waals surface area contributed by atoms with Gasteiger partial charge in [-0.3, -0.25) is 9.59 Å². The summed E-state index contributed by atoms with van der Waals surface area (Å²) < 4.78 is 0. The summed E-state index contributed by atoms with van der Waals surface area (Å²) in [7, 11) is 3.83. The highest BCUT2D eigenvalue weighted by Crippen LogP contribution is 2.24. The molecule has 2 amide bonds. The third-order valence-corrected chi connectivity index (χ3v) is 3.68. The van der Waals surface area contributed by atoms with E-state index in [1.54, 1.807) is 11.9 Å². The molecule has 1 unspecified atom stereocenters. The molecule has 19 heavy (non-hydrogen) atoms. The number of hydrogen-bond acceptors (Lipinski definition) is 3. The summed E-state index contributed by atoms with van der Waals surface area (Å²) in [4.78, 5) is 27.5. The summed E-state index contributed by atoms with van der Waals surface area (Å²) >= 11 is 0. The Hall–Kier alpha value is -1.10. The Morgan fingerprint density at radius 1 is 1.21 bits per heavy atom. The molecule has 0 aromatic heterocycles. The maximum Gasteiger partial charge on any atom is 0.234 e. The molecule has 0 heterocycles. The van der Waals surface area contributed by atoms with Gasteiger partial charge in [-0.1, -0.05) is 13.8 Å². The van der Waals surface area contributed by atoms with Gasteiger partial charge in [0, 0.05) is 26.2 Å². The van der Waals surface area contributed by atoms with E-state index in [-0.39, 0.29) is 11.8 Å². The summed E-state index contributed by atoms with van der Waals surface area (Å²) in [6.45, 7) is 5.47. The predicted octanol–water partition coefficient (Wildman–Crippen LogP) is 0.687. The second-order valence-electron chi connectivity index (χ2n) is 6.06. The normalized spacial score (nSPS) is 16.7. The molecule has 0 spiro atoms. The number of rotatable bonds is 8. The summed E-state index contributed by atoms with van der Waals surface area (Å²) in [5, 5.41) is 0. The van der Waals surface area contributed by atoms with Crippen molar-refractivity contribution in [2.24, 2.45) is 17.6 Å². The van der Waals surface area contributed by atoms with Crippen LogP contribution in [-0.4, -0.2) is 54.8 Å². The monoisotopic (exact) mass is 269 g/mol. The molecule has 110 valence electrons. The largest absolute Gasteiger partial charge is 0.369 e. The number of primary amides is 1. The molecular weight excluding hydrogens is 242 g/mol. The maximum absolute atomic E-state index is 12.2. The van der Waals surface area contributed by atoms with Gasteiger partial charge in [0.15, 0.2) is 0 Å². The average Bonchev–Trinajstić information content (AvgIpc) is 3.15. The van der Waals surface area contributed by atoms with Gasteiger partial charge in [0.2, 0.25) is 11.8 Å². The SMILES string of the molecule is CC(C)CC(C(N)=O)C(=O)N(C)CCN(C)C1CC1. The number of hydrogen-bond donors (Lipinski definition) is 1. The minimum atomic E-state index is -0.684. The zero-order valence-corrected chi connectivity index (χ0v) is 12.6. The highest BCUT2D eigenvalue weighted by Gasteiger charge is 2.29. The van der Waals surface area contributed by atoms with Crippen LogP contribution in [-0.2, 0) is 9.59 Å². The zero-order chi connectivity index (χ0) is 14.6. The lowest BCUT2D eigenvalue weighted by molar-refractivity contribution is -0.140. The van der Waals surface area contributed by atoms with Gasteiger partial charge in [-0.25, -0.2) is 0 Å². The lowest BCUT2D eigenvalue weighted by Crippen LogP contribution is -2.43. The van der Waals surface area contributed by atoms with Crippen LogP contribution < -0.4 is 5.73 Å². The molecule has 0 bridgehead atoms. The van der Waals surface area contributed by atoms with Crippen LogP contribution in [0, 0.1) is 11.8 Å². The molecule has 1 aliphatic rings. The first-order valence-corrected chi connectivity index (χ1v) is 7.07. The van der Waals surface area contributed by atoms with Crippen molar-refractivity contribution < 1.29 is 9.59 Å². The first-order valence-electron chi connectivity index (χ1n) is 7.07. The molecule has 0 aromatic carbocycles. The Kier molecular flexibility index (Phi) is 5.79. The van der Waals surface area contributed by atoms with Gasteiger partial charge >= 0.3 is 0 Å². The first-order chi connectivity index (χ1) is 8.82. The molecule has 0 aliphatic heterocycles. The second kappa shape index (κ2) is 6.89. The summed E-state index contributed by atoms with van der Waals surface area (Å²) in [6, 6.07) is 0.686. The summed E-state index contributed by atoms with van der Waals surface area (Å²) in [6.07, 6.45) is 3.04. The number of amides is 2. The number of nitrogens with two attached hydrogens (primary N) is 1. The molecule has 0 radical (unpaired) electrons. The van der Waals surface area contributed by atoms with E-state index in [4.69, 9.17) is 5.73 Å². The van der Waals surface area contributed by atoms with Gasteiger partial charge < -0.3 is 15.5 Å². The molecule has 1 rings (SSSR count). The molecular formula is C14H27N3O2. The quantitative estimate of drug-likeness (QED) is 0.659. The van der Waals surface area contributed by atoms with Crippen LogP contribution in [0.25, 0.3) is 0 Å². The molecule has 1 aliphatic carbocycles. The van der Waals surface area contributed by atoms with Crippen LogP contribution in [0.4, 0.5) is 0 Å². The van der Waals surface area contributed by atoms with E-state index in [2.05, 4.69) is 11.9 Å². The lowest BCUT2D eigenvalue weighted by atomic mass is 9.95. The summed E-state index contributed by atoms with van der Waals surface area (Å²) in [5.74, 6) is -1.06. The first kappa shape index (κ1) is 16.0. The Morgan fingerprint density at radius 3 is 2.21 bits per heavy atom. The Morgan fingerprint density at radius 2 is 1.79 bits per heavy atom. The van der Waals surface area contributed by atoms with Crippen molar-refractivity contribution in [1.82, 2.24) is 9.80 Å². The van der Waals surface area contributed by atoms with Gasteiger partial charge in [0.05, 0.1) is 0 Å². The molecule has 0 saturated heterocycles. The second-order valence-corrected chi connectivity index (χ2v) is 6.06. The van der Waals surface area contributed by atoms with E-state index in [0.29, 0.717) is 19.0 Å². The van der Waals surface area contributed by atoms with Crippen LogP contribution in [0.15, 0.2) is 0 Å². The van der Waals surface area contributed by atoms with E-state index >= 15 is 0 Å². The topological polar surface area (TPSA) is 66.6 Å². The Balaban J connectivity index is 2.45. The minimum absolute atomic E-state index is 0.148. The average molecular weight is 269 g/mol. The van der Waals surface area contributed by atoms with Crippen molar-refractivity contribution in [3.05, 3.63) is 0 Å². The minimum Gasteiger partial charge on any atom is -0.369 e. The van der Waals surface area contributed by atoms with Crippen LogP contribution >= 0.6 is 0 Å². The molecule has 0 aromatic rings. The standard InChI is InChI=1S/C14H27N3O2/c1-10(2)9-12(13(15)18)14(19)17(4)8-7-16(3)11-5-6-11/h10-12H,5-9H2,1-4H3,(H2,15,18). The molecule has 5 heteroatoms. The Bertz CT molecular complexity index is 327. The highest BCUT2D eigenvalue weighted by atomic mass is 16.2. The van der Waals surface area contributed by atoms with Crippen LogP contribution in [0.5, 0.6) is 0 Å². The van der Waals surface area contributed by atoms with E-state index in [9.17, 15) is 9.59 Å². The lowest BCUT2D eigenvalue weighted by Gasteiger charge is -2.25. The van der Waals surface area contributed by atoms with Crippen molar-refractivity contribution in [2.45, 2.75) is 39.2 Å². The third-order valence-electron chi connectivity index (χ3n) is 3.68. The molecule has 1 atom stereocenters. The van der Waals surface area contributed by atoms with Crippen LogP contribution in [0.1, 0.15) is 33.1 Å². The van der Waals surface area contributed by atoms with E-state index in [0.717, 1.165) is 6.54 Å². The fraction of sp³-hybridized carbons (Fsp3) is 0.857. The van der Waals surface area contributed by atoms with Crippen molar-refractivity contribution >= 4 is 11.8 Å². The van der Waals surface area contributed by atoms with E-state index in [1.807, 2.05) is 13.8 Å². The summed E-state index contributed by atoms with van der Waals surface area (Å²) in [5.41, 5.74) is 5.34. The number of carbonyl (C=O) groups is 2. The smallest absolute Gasteiger partial charge is 0.234 e. The van der Waals surface area contributed by atoms with Gasteiger partial charge in [-0.05, 0) is 32.2 Å². The van der Waals surface area contributed by atoms with Crippen molar-refractivity contribution in [3.8, 4) is 0 Å². The molecule has 2 N–H and O–H groups in total. The molecule has 5 nitrogen and oxygen atoms in total. The fourth-order valence-corrected chi connectivity index (χ4v) is 2.19. The number of nitrogens with zero attached hydrogens (tertiary/aromatic N) is 2. The van der Waals surface area contributed by atoms with Crippen molar-refractivity contribution in [1.29, 1.82) is 0 Å². The van der Waals surface area contributed by atoms with Crippen LogP contribution in [0.2, 0.25) is 0 Å². The van der Waals surface area contributed by atoms with Crippen molar-refractivity contribution in [2.75, 3.05) is 27.2 Å². The van der Waals surface area contributed by atoms with Gasteiger partial charge in [0.1, 0.15) is 5.92 Å². The number of likely N-dealkylation sites (N-methyl/N-ethyl adjacent to an activating group) is 2. The predicted molar refractivity (Wildman–Crippen MR) is 75.4 cm³/mol. The van der Waals surface area contributed by atoms with Gasteiger partial charge in [0.25, 0.3) is 0 Å². The third kappa shape index (κ3) is 5.19. The van der Waals surface area contributed by atoms with Crippen molar-refractivity contribution in [3.63, 3.8) is 0 Å². The van der Waals surface area contributed by atoms with Crippen LogP contribution in [0.3, 0.4) is 0 Å². The Labute approximate surface area is 116 Å². The molecule has 1 saturated carbocycles. The maximum atomic E-state index is 12.2. The zero-order valence-electron chi connectivity index (χ0n) is 12.6.